The van der Waals surface area contributed by atoms with Crippen molar-refractivity contribution in [3.05, 3.63) is 0 Å². The standard InChI is InChI=1S/C8H14BrN3O2/c9-7-6(5-10-11-8(7)13)12-1-3-14-4-2-12/h6-7,10H,1-5H2,(H,11,13). The predicted octanol–water partition coefficient (Wildman–Crippen LogP) is -0.915. The first kappa shape index (κ1) is 10.4. The second-order valence-electron chi connectivity index (χ2n) is 3.49. The van der Waals surface area contributed by atoms with E-state index in [0.717, 1.165) is 32.8 Å². The Balaban J connectivity index is 1.97. The molecule has 1 amide bonds. The minimum Gasteiger partial charge on any atom is -0.379 e. The van der Waals surface area contributed by atoms with Gasteiger partial charge < -0.3 is 4.74 Å². The highest BCUT2D eigenvalue weighted by molar-refractivity contribution is 9.10. The first-order valence-corrected chi connectivity index (χ1v) is 5.69. The van der Waals surface area contributed by atoms with Crippen LogP contribution in [0, 0.1) is 0 Å². The maximum absolute atomic E-state index is 11.4. The number of amides is 1. The number of nitrogens with one attached hydrogen (secondary N) is 2. The maximum Gasteiger partial charge on any atom is 0.249 e. The van der Waals surface area contributed by atoms with Crippen LogP contribution in [0.5, 0.6) is 0 Å². The van der Waals surface area contributed by atoms with Crippen LogP contribution in [0.4, 0.5) is 0 Å². The Morgan fingerprint density at radius 3 is 2.86 bits per heavy atom. The first-order chi connectivity index (χ1) is 6.79. The van der Waals surface area contributed by atoms with Gasteiger partial charge in [-0.05, 0) is 0 Å². The average molecular weight is 264 g/mol. The van der Waals surface area contributed by atoms with E-state index < -0.39 is 0 Å². The third-order valence-electron chi connectivity index (χ3n) is 2.63. The van der Waals surface area contributed by atoms with Crippen molar-refractivity contribution in [2.24, 2.45) is 0 Å². The zero-order chi connectivity index (χ0) is 9.97. The van der Waals surface area contributed by atoms with Crippen LogP contribution in [-0.4, -0.2) is 54.5 Å². The van der Waals surface area contributed by atoms with E-state index in [2.05, 4.69) is 31.7 Å². The van der Waals surface area contributed by atoms with Crippen molar-refractivity contribution in [1.29, 1.82) is 0 Å². The molecule has 2 heterocycles. The summed E-state index contributed by atoms with van der Waals surface area (Å²) in [4.78, 5) is 13.5. The highest BCUT2D eigenvalue weighted by Gasteiger charge is 2.34. The number of morpholine rings is 1. The lowest BCUT2D eigenvalue weighted by Crippen LogP contribution is -2.63. The molecule has 0 aromatic carbocycles. The topological polar surface area (TPSA) is 53.6 Å². The molecule has 2 saturated heterocycles. The molecule has 6 heteroatoms. The van der Waals surface area contributed by atoms with Gasteiger partial charge in [0.15, 0.2) is 0 Å². The van der Waals surface area contributed by atoms with Gasteiger partial charge >= 0.3 is 0 Å². The van der Waals surface area contributed by atoms with Gasteiger partial charge in [-0.2, -0.15) is 0 Å². The average Bonchev–Trinajstić information content (AvgIpc) is 2.23. The van der Waals surface area contributed by atoms with E-state index in [-0.39, 0.29) is 16.8 Å². The number of hydrazine groups is 1. The molecule has 2 aliphatic heterocycles. The van der Waals surface area contributed by atoms with Gasteiger partial charge in [0.2, 0.25) is 5.91 Å². The Morgan fingerprint density at radius 2 is 2.14 bits per heavy atom. The number of hydrogen-bond donors (Lipinski definition) is 2. The van der Waals surface area contributed by atoms with Crippen molar-refractivity contribution >= 4 is 21.8 Å². The number of carbonyl (C=O) groups is 1. The number of ether oxygens (including phenoxy) is 1. The fourth-order valence-electron chi connectivity index (χ4n) is 1.81. The third-order valence-corrected chi connectivity index (χ3v) is 3.65. The smallest absolute Gasteiger partial charge is 0.249 e. The predicted molar refractivity (Wildman–Crippen MR) is 55.0 cm³/mol. The van der Waals surface area contributed by atoms with Crippen molar-refractivity contribution < 1.29 is 9.53 Å². The third kappa shape index (κ3) is 2.08. The first-order valence-electron chi connectivity index (χ1n) is 4.77. The molecule has 0 aromatic rings. The molecule has 2 N–H and O–H groups in total. The van der Waals surface area contributed by atoms with E-state index in [1.54, 1.807) is 0 Å². The summed E-state index contributed by atoms with van der Waals surface area (Å²) in [6.07, 6.45) is 0. The molecule has 2 unspecified atom stereocenters. The monoisotopic (exact) mass is 263 g/mol. The molecule has 0 bridgehead atoms. The molecule has 2 aliphatic rings. The number of nitrogens with zero attached hydrogens (tertiary/aromatic N) is 1. The Kier molecular flexibility index (Phi) is 3.38. The second-order valence-corrected chi connectivity index (χ2v) is 4.47. The van der Waals surface area contributed by atoms with Gasteiger partial charge in [-0.3, -0.25) is 15.1 Å². The number of alkyl halides is 1. The normalized spacial score (nSPS) is 35.4. The molecular formula is C8H14BrN3O2. The van der Waals surface area contributed by atoms with E-state index in [1.165, 1.54) is 0 Å². The van der Waals surface area contributed by atoms with E-state index in [4.69, 9.17) is 4.74 Å². The fraction of sp³-hybridized carbons (Fsp3) is 0.875. The van der Waals surface area contributed by atoms with Gasteiger partial charge in [0, 0.05) is 25.7 Å². The molecule has 5 nitrogen and oxygen atoms in total. The molecule has 2 rings (SSSR count). The largest absolute Gasteiger partial charge is 0.379 e. The lowest BCUT2D eigenvalue weighted by atomic mass is 10.1. The SMILES string of the molecule is O=C1NNCC(N2CCOCC2)C1Br. The van der Waals surface area contributed by atoms with Crippen LogP contribution in [0.2, 0.25) is 0 Å². The molecule has 80 valence electrons. The minimum absolute atomic E-state index is 0.00717. The zero-order valence-corrected chi connectivity index (χ0v) is 9.42. The second kappa shape index (κ2) is 4.57. The van der Waals surface area contributed by atoms with Crippen LogP contribution in [0.1, 0.15) is 0 Å². The molecule has 0 spiro atoms. The van der Waals surface area contributed by atoms with E-state index in [1.807, 2.05) is 0 Å². The summed E-state index contributed by atoms with van der Waals surface area (Å²) in [5.74, 6) is 0.00717. The van der Waals surface area contributed by atoms with Crippen LogP contribution >= 0.6 is 15.9 Å². The molecule has 0 saturated carbocycles. The summed E-state index contributed by atoms with van der Waals surface area (Å²) in [5.41, 5.74) is 5.51. The van der Waals surface area contributed by atoms with Crippen molar-refractivity contribution in [1.82, 2.24) is 15.8 Å². The van der Waals surface area contributed by atoms with Crippen LogP contribution in [0.3, 0.4) is 0 Å². The van der Waals surface area contributed by atoms with Gasteiger partial charge in [0.25, 0.3) is 0 Å². The van der Waals surface area contributed by atoms with Crippen LogP contribution < -0.4 is 10.9 Å². The number of rotatable bonds is 1. The molecule has 2 atom stereocenters. The van der Waals surface area contributed by atoms with Gasteiger partial charge in [0.05, 0.1) is 13.2 Å². The summed E-state index contributed by atoms with van der Waals surface area (Å²) in [6.45, 7) is 4.11. The number of halogens is 1. The Labute approximate surface area is 91.3 Å². The summed E-state index contributed by atoms with van der Waals surface area (Å²) in [5, 5.41) is 0. The van der Waals surface area contributed by atoms with Crippen molar-refractivity contribution in [3.8, 4) is 0 Å². The minimum atomic E-state index is -0.123. The summed E-state index contributed by atoms with van der Waals surface area (Å²) >= 11 is 3.42. The van der Waals surface area contributed by atoms with E-state index in [9.17, 15) is 4.79 Å². The maximum atomic E-state index is 11.4. The summed E-state index contributed by atoms with van der Waals surface area (Å²) < 4.78 is 5.27. The lowest BCUT2D eigenvalue weighted by molar-refractivity contribution is -0.125. The van der Waals surface area contributed by atoms with Crippen molar-refractivity contribution in [2.45, 2.75) is 10.9 Å². The van der Waals surface area contributed by atoms with Crippen LogP contribution in [0.25, 0.3) is 0 Å². The molecule has 0 aliphatic carbocycles. The number of hydrogen-bond acceptors (Lipinski definition) is 4. The van der Waals surface area contributed by atoms with E-state index >= 15 is 0 Å². The highest BCUT2D eigenvalue weighted by atomic mass is 79.9. The van der Waals surface area contributed by atoms with Gasteiger partial charge in [0.1, 0.15) is 4.83 Å². The van der Waals surface area contributed by atoms with Crippen LogP contribution in [-0.2, 0) is 9.53 Å². The molecule has 0 aromatic heterocycles. The number of carbonyl (C=O) groups excluding carboxylic acids is 1. The van der Waals surface area contributed by atoms with Crippen molar-refractivity contribution in [2.75, 3.05) is 32.8 Å². The molecule has 0 radical (unpaired) electrons. The molecular weight excluding hydrogens is 250 g/mol. The molecule has 14 heavy (non-hydrogen) atoms. The quantitative estimate of drug-likeness (QED) is 0.602. The zero-order valence-electron chi connectivity index (χ0n) is 7.83. The Bertz CT molecular complexity index is 221. The van der Waals surface area contributed by atoms with Crippen LogP contribution in [0.15, 0.2) is 0 Å². The van der Waals surface area contributed by atoms with Gasteiger partial charge in [-0.25, -0.2) is 5.43 Å². The summed E-state index contributed by atoms with van der Waals surface area (Å²) in [6, 6.07) is 0.229. The Hall–Kier alpha value is -0.170. The highest BCUT2D eigenvalue weighted by Crippen LogP contribution is 2.16. The van der Waals surface area contributed by atoms with E-state index in [0.29, 0.717) is 0 Å². The van der Waals surface area contributed by atoms with Gasteiger partial charge in [-0.1, -0.05) is 15.9 Å². The van der Waals surface area contributed by atoms with Crippen molar-refractivity contribution in [3.63, 3.8) is 0 Å². The fourth-order valence-corrected chi connectivity index (χ4v) is 2.45. The Morgan fingerprint density at radius 1 is 1.43 bits per heavy atom. The van der Waals surface area contributed by atoms with Gasteiger partial charge in [-0.15, -0.1) is 0 Å². The lowest BCUT2D eigenvalue weighted by Gasteiger charge is -2.39. The summed E-state index contributed by atoms with van der Waals surface area (Å²) in [7, 11) is 0. The molecule has 2 fully saturated rings.